The molecule has 29 heavy (non-hydrogen) atoms. The Morgan fingerprint density at radius 1 is 1.00 bits per heavy atom. The predicted molar refractivity (Wildman–Crippen MR) is 110 cm³/mol. The van der Waals surface area contributed by atoms with Crippen LogP contribution in [0.5, 0.6) is 17.4 Å². The standard InChI is InChI=1S/C23H23N3O3/c1-28-19-7-4-8-20(13-19)29-22-14-21(24-15-25-22)16-9-11-17(12-10-16)23(27)26-18-5-2-3-6-18/h4,7-15,18H,2-3,5-6H2,1H3,(H,26,27). The van der Waals surface area contributed by atoms with E-state index in [0.717, 1.165) is 24.1 Å². The van der Waals surface area contributed by atoms with Crippen LogP contribution in [0.2, 0.25) is 0 Å². The molecular formula is C23H23N3O3. The van der Waals surface area contributed by atoms with Crippen LogP contribution in [0.15, 0.2) is 60.9 Å². The highest BCUT2D eigenvalue weighted by Gasteiger charge is 2.18. The molecule has 3 aromatic rings. The lowest BCUT2D eigenvalue weighted by molar-refractivity contribution is 0.0938. The number of hydrogen-bond acceptors (Lipinski definition) is 5. The highest BCUT2D eigenvalue weighted by atomic mass is 16.5. The number of carbonyl (C=O) groups is 1. The number of aromatic nitrogens is 2. The van der Waals surface area contributed by atoms with Gasteiger partial charge in [0.2, 0.25) is 5.88 Å². The average molecular weight is 389 g/mol. The van der Waals surface area contributed by atoms with Gasteiger partial charge in [-0.2, -0.15) is 0 Å². The number of amides is 1. The van der Waals surface area contributed by atoms with Gasteiger partial charge >= 0.3 is 0 Å². The van der Waals surface area contributed by atoms with Gasteiger partial charge < -0.3 is 14.8 Å². The van der Waals surface area contributed by atoms with E-state index in [-0.39, 0.29) is 5.91 Å². The molecule has 0 unspecified atom stereocenters. The second-order valence-corrected chi connectivity index (χ2v) is 7.05. The van der Waals surface area contributed by atoms with Crippen LogP contribution < -0.4 is 14.8 Å². The molecule has 1 aromatic heterocycles. The Labute approximate surface area is 169 Å². The maximum absolute atomic E-state index is 12.4. The van der Waals surface area contributed by atoms with E-state index >= 15 is 0 Å². The van der Waals surface area contributed by atoms with Crippen molar-refractivity contribution in [2.45, 2.75) is 31.7 Å². The van der Waals surface area contributed by atoms with Crippen LogP contribution in [0.4, 0.5) is 0 Å². The van der Waals surface area contributed by atoms with Crippen LogP contribution >= 0.6 is 0 Å². The zero-order valence-corrected chi connectivity index (χ0v) is 16.3. The molecule has 6 heteroatoms. The summed E-state index contributed by atoms with van der Waals surface area (Å²) in [5, 5.41) is 3.11. The molecular weight excluding hydrogens is 366 g/mol. The number of nitrogens with one attached hydrogen (secondary N) is 1. The molecule has 148 valence electrons. The highest BCUT2D eigenvalue weighted by molar-refractivity contribution is 5.94. The fraction of sp³-hybridized carbons (Fsp3) is 0.261. The van der Waals surface area contributed by atoms with Gasteiger partial charge in [-0.25, -0.2) is 9.97 Å². The summed E-state index contributed by atoms with van der Waals surface area (Å²) < 4.78 is 11.0. The molecule has 0 bridgehead atoms. The fourth-order valence-corrected chi connectivity index (χ4v) is 3.47. The number of carbonyl (C=O) groups excluding carboxylic acids is 1. The zero-order chi connectivity index (χ0) is 20.1. The van der Waals surface area contributed by atoms with Crippen LogP contribution in [0, 0.1) is 0 Å². The maximum Gasteiger partial charge on any atom is 0.251 e. The number of hydrogen-bond donors (Lipinski definition) is 1. The number of ether oxygens (including phenoxy) is 2. The lowest BCUT2D eigenvalue weighted by atomic mass is 10.1. The topological polar surface area (TPSA) is 73.3 Å². The van der Waals surface area contributed by atoms with Crippen molar-refractivity contribution >= 4 is 5.91 Å². The molecule has 1 aliphatic carbocycles. The number of methoxy groups -OCH3 is 1. The normalized spacial score (nSPS) is 13.8. The summed E-state index contributed by atoms with van der Waals surface area (Å²) in [6.07, 6.45) is 5.99. The second kappa shape index (κ2) is 8.73. The summed E-state index contributed by atoms with van der Waals surface area (Å²) in [6, 6.07) is 16.8. The summed E-state index contributed by atoms with van der Waals surface area (Å²) >= 11 is 0. The number of rotatable bonds is 6. The molecule has 0 saturated heterocycles. The molecule has 1 heterocycles. The number of benzene rings is 2. The Bertz CT molecular complexity index is 983. The van der Waals surface area contributed by atoms with E-state index in [1.165, 1.54) is 19.2 Å². The van der Waals surface area contributed by atoms with Gasteiger partial charge in [0.05, 0.1) is 12.8 Å². The largest absolute Gasteiger partial charge is 0.497 e. The maximum atomic E-state index is 12.4. The molecule has 0 radical (unpaired) electrons. The van der Waals surface area contributed by atoms with Crippen molar-refractivity contribution in [1.29, 1.82) is 0 Å². The molecule has 0 spiro atoms. The Morgan fingerprint density at radius 2 is 1.76 bits per heavy atom. The van der Waals surface area contributed by atoms with Gasteiger partial charge in [-0.1, -0.05) is 31.0 Å². The first kappa shape index (κ1) is 18.9. The van der Waals surface area contributed by atoms with Gasteiger partial charge in [0.25, 0.3) is 5.91 Å². The van der Waals surface area contributed by atoms with E-state index in [1.807, 2.05) is 42.5 Å². The Kier molecular flexibility index (Phi) is 5.70. The molecule has 1 aliphatic rings. The molecule has 6 nitrogen and oxygen atoms in total. The molecule has 2 aromatic carbocycles. The van der Waals surface area contributed by atoms with Crippen LogP contribution in [0.3, 0.4) is 0 Å². The first-order valence-corrected chi connectivity index (χ1v) is 9.76. The third-order valence-electron chi connectivity index (χ3n) is 5.04. The zero-order valence-electron chi connectivity index (χ0n) is 16.3. The quantitative estimate of drug-likeness (QED) is 0.666. The third kappa shape index (κ3) is 4.71. The lowest BCUT2D eigenvalue weighted by Gasteiger charge is -2.12. The Hall–Kier alpha value is -3.41. The van der Waals surface area contributed by atoms with Crippen LogP contribution in [-0.2, 0) is 0 Å². The first-order valence-electron chi connectivity index (χ1n) is 9.76. The van der Waals surface area contributed by atoms with Gasteiger partial charge in [0.1, 0.15) is 17.8 Å². The molecule has 4 rings (SSSR count). The van der Waals surface area contributed by atoms with Gasteiger partial charge in [0, 0.05) is 29.3 Å². The minimum Gasteiger partial charge on any atom is -0.497 e. The van der Waals surface area contributed by atoms with Crippen molar-refractivity contribution in [3.8, 4) is 28.6 Å². The van der Waals surface area contributed by atoms with E-state index in [4.69, 9.17) is 9.47 Å². The second-order valence-electron chi connectivity index (χ2n) is 7.05. The Morgan fingerprint density at radius 3 is 2.52 bits per heavy atom. The van der Waals surface area contributed by atoms with Crippen molar-refractivity contribution < 1.29 is 14.3 Å². The van der Waals surface area contributed by atoms with E-state index in [2.05, 4.69) is 15.3 Å². The fourth-order valence-electron chi connectivity index (χ4n) is 3.47. The lowest BCUT2D eigenvalue weighted by Crippen LogP contribution is -2.32. The van der Waals surface area contributed by atoms with Crippen LogP contribution in [0.1, 0.15) is 36.0 Å². The molecule has 1 N–H and O–H groups in total. The Balaban J connectivity index is 1.46. The highest BCUT2D eigenvalue weighted by Crippen LogP contribution is 2.26. The summed E-state index contributed by atoms with van der Waals surface area (Å²) in [6.45, 7) is 0. The predicted octanol–water partition coefficient (Wildman–Crippen LogP) is 4.62. The van der Waals surface area contributed by atoms with Crippen molar-refractivity contribution in [2.75, 3.05) is 7.11 Å². The summed E-state index contributed by atoms with van der Waals surface area (Å²) in [4.78, 5) is 20.9. The molecule has 0 atom stereocenters. The van der Waals surface area contributed by atoms with E-state index in [9.17, 15) is 4.79 Å². The van der Waals surface area contributed by atoms with E-state index in [1.54, 1.807) is 19.2 Å². The minimum absolute atomic E-state index is 0.0202. The van der Waals surface area contributed by atoms with Crippen molar-refractivity contribution in [3.63, 3.8) is 0 Å². The van der Waals surface area contributed by atoms with E-state index in [0.29, 0.717) is 29.0 Å². The summed E-state index contributed by atoms with van der Waals surface area (Å²) in [7, 11) is 1.61. The SMILES string of the molecule is COc1cccc(Oc2cc(-c3ccc(C(=O)NC4CCCC4)cc3)ncn2)c1. The van der Waals surface area contributed by atoms with Gasteiger partial charge in [-0.05, 0) is 37.1 Å². The van der Waals surface area contributed by atoms with E-state index < -0.39 is 0 Å². The molecule has 1 amide bonds. The minimum atomic E-state index is -0.0202. The first-order chi connectivity index (χ1) is 14.2. The molecule has 1 fully saturated rings. The average Bonchev–Trinajstić information content (AvgIpc) is 3.27. The van der Waals surface area contributed by atoms with Crippen molar-refractivity contribution in [1.82, 2.24) is 15.3 Å². The summed E-state index contributed by atoms with van der Waals surface area (Å²) in [5.74, 6) is 1.76. The van der Waals surface area contributed by atoms with Gasteiger partial charge in [0.15, 0.2) is 0 Å². The van der Waals surface area contributed by atoms with Gasteiger partial charge in [-0.15, -0.1) is 0 Å². The van der Waals surface area contributed by atoms with Gasteiger partial charge in [-0.3, -0.25) is 4.79 Å². The molecule has 1 saturated carbocycles. The van der Waals surface area contributed by atoms with Crippen LogP contribution in [-0.4, -0.2) is 29.0 Å². The smallest absolute Gasteiger partial charge is 0.251 e. The summed E-state index contributed by atoms with van der Waals surface area (Å²) in [5.41, 5.74) is 2.27. The van der Waals surface area contributed by atoms with Crippen molar-refractivity contribution in [3.05, 3.63) is 66.5 Å². The molecule has 0 aliphatic heterocycles. The number of nitrogens with zero attached hydrogens (tertiary/aromatic N) is 2. The van der Waals surface area contributed by atoms with Crippen molar-refractivity contribution in [2.24, 2.45) is 0 Å². The van der Waals surface area contributed by atoms with Crippen LogP contribution in [0.25, 0.3) is 11.3 Å². The monoisotopic (exact) mass is 389 g/mol. The third-order valence-corrected chi connectivity index (χ3v) is 5.04.